The Morgan fingerprint density at radius 1 is 1.15 bits per heavy atom. The van der Waals surface area contributed by atoms with E-state index in [0.29, 0.717) is 5.69 Å². The smallest absolute Gasteiger partial charge is 0.299 e. The number of aromatic amines is 1. The van der Waals surface area contributed by atoms with Crippen molar-refractivity contribution in [3.63, 3.8) is 0 Å². The lowest BCUT2D eigenvalue weighted by atomic mass is 9.80. The second kappa shape index (κ2) is 7.23. The number of aromatic nitrogens is 2. The van der Waals surface area contributed by atoms with Crippen LogP contribution >= 0.6 is 0 Å². The van der Waals surface area contributed by atoms with Crippen LogP contribution < -0.4 is 21.6 Å². The Hall–Kier alpha value is -2.14. The highest BCUT2D eigenvalue weighted by Crippen LogP contribution is 2.51. The Morgan fingerprint density at radius 2 is 1.92 bits per heavy atom. The molecular formula is C21H30N5+. The summed E-state index contributed by atoms with van der Waals surface area (Å²) in [6, 6.07) is 9.49. The molecule has 2 aliphatic carbocycles. The van der Waals surface area contributed by atoms with Crippen molar-refractivity contribution in [2.75, 3.05) is 10.7 Å². The summed E-state index contributed by atoms with van der Waals surface area (Å²) in [4.78, 5) is 8.06. The number of nitrogens with zero attached hydrogens (tertiary/aromatic N) is 2. The first-order valence-electron chi connectivity index (χ1n) is 9.88. The molecule has 2 fully saturated rings. The molecule has 26 heavy (non-hydrogen) atoms. The summed E-state index contributed by atoms with van der Waals surface area (Å²) in [7, 11) is 0. The van der Waals surface area contributed by atoms with E-state index in [2.05, 4.69) is 11.9 Å². The van der Waals surface area contributed by atoms with Gasteiger partial charge in [-0.2, -0.15) is 0 Å². The number of nitrogens with two attached hydrogens (primary N) is 2. The molecule has 2 aromatic rings. The first-order chi connectivity index (χ1) is 12.6. The van der Waals surface area contributed by atoms with Gasteiger partial charge in [-0.05, 0) is 60.1 Å². The normalized spacial score (nSPS) is 27.9. The molecule has 0 amide bonds. The molecule has 2 aliphatic rings. The summed E-state index contributed by atoms with van der Waals surface area (Å²) >= 11 is 0. The highest BCUT2D eigenvalue weighted by molar-refractivity contribution is 5.71. The number of hydrazine groups is 1. The van der Waals surface area contributed by atoms with Gasteiger partial charge >= 0.3 is 0 Å². The van der Waals surface area contributed by atoms with Crippen LogP contribution in [0.3, 0.4) is 0 Å². The van der Waals surface area contributed by atoms with Gasteiger partial charge in [0.15, 0.2) is 0 Å². The molecule has 1 heterocycles. The Bertz CT molecular complexity index is 754. The van der Waals surface area contributed by atoms with E-state index in [1.165, 1.54) is 32.1 Å². The number of anilines is 3. The van der Waals surface area contributed by atoms with E-state index < -0.39 is 0 Å². The van der Waals surface area contributed by atoms with Crippen LogP contribution in [0.5, 0.6) is 0 Å². The monoisotopic (exact) mass is 352 g/mol. The molecule has 0 bridgehead atoms. The fraction of sp³-hybridized carbons (Fsp3) is 0.524. The SMILES string of the molecule is CC1CCC(C2CC2Cc2nc(N(N)c3ccccc3N)cc[nH+]2)CC1. The zero-order chi connectivity index (χ0) is 18.1. The number of hydrogen-bond acceptors (Lipinski definition) is 4. The molecule has 5 nitrogen and oxygen atoms in total. The summed E-state index contributed by atoms with van der Waals surface area (Å²) in [6.07, 6.45) is 9.96. The van der Waals surface area contributed by atoms with E-state index in [9.17, 15) is 0 Å². The predicted molar refractivity (Wildman–Crippen MR) is 104 cm³/mol. The van der Waals surface area contributed by atoms with Crippen LogP contribution in [-0.2, 0) is 6.42 Å². The minimum absolute atomic E-state index is 0.653. The molecule has 1 aromatic carbocycles. The highest BCUT2D eigenvalue weighted by Gasteiger charge is 2.44. The molecule has 4 rings (SSSR count). The van der Waals surface area contributed by atoms with Gasteiger partial charge in [-0.15, -0.1) is 0 Å². The van der Waals surface area contributed by atoms with Gasteiger partial charge in [0.2, 0.25) is 0 Å². The zero-order valence-electron chi connectivity index (χ0n) is 15.6. The van der Waals surface area contributed by atoms with Crippen LogP contribution in [0.15, 0.2) is 36.5 Å². The third-order valence-electron chi connectivity index (χ3n) is 6.27. The van der Waals surface area contributed by atoms with Crippen LogP contribution in [0.2, 0.25) is 0 Å². The average molecular weight is 353 g/mol. The number of para-hydroxylation sites is 2. The molecule has 0 saturated heterocycles. The lowest BCUT2D eigenvalue weighted by Gasteiger charge is -2.26. The van der Waals surface area contributed by atoms with Crippen LogP contribution in [0.4, 0.5) is 17.2 Å². The van der Waals surface area contributed by atoms with Crippen molar-refractivity contribution in [2.45, 2.75) is 45.4 Å². The van der Waals surface area contributed by atoms with Gasteiger partial charge in [-0.3, -0.25) is 0 Å². The van der Waals surface area contributed by atoms with Crippen LogP contribution in [0.1, 0.15) is 44.9 Å². The second-order valence-electron chi connectivity index (χ2n) is 8.21. The minimum Gasteiger partial charge on any atom is -0.397 e. The average Bonchev–Trinajstić information content (AvgIpc) is 3.41. The molecular weight excluding hydrogens is 322 g/mol. The van der Waals surface area contributed by atoms with Crippen LogP contribution in [0.25, 0.3) is 0 Å². The van der Waals surface area contributed by atoms with E-state index >= 15 is 0 Å². The fourth-order valence-corrected chi connectivity index (χ4v) is 4.53. The Morgan fingerprint density at radius 3 is 2.69 bits per heavy atom. The maximum absolute atomic E-state index is 6.27. The van der Waals surface area contributed by atoms with Gasteiger partial charge in [-0.1, -0.05) is 31.9 Å². The molecule has 138 valence electrons. The van der Waals surface area contributed by atoms with Crippen molar-refractivity contribution in [1.29, 1.82) is 0 Å². The molecule has 2 atom stereocenters. The molecule has 0 spiro atoms. The van der Waals surface area contributed by atoms with Gasteiger partial charge in [0.05, 0.1) is 24.0 Å². The number of benzene rings is 1. The first kappa shape index (κ1) is 17.3. The summed E-state index contributed by atoms with van der Waals surface area (Å²) in [5.41, 5.74) is 7.47. The van der Waals surface area contributed by atoms with Crippen molar-refractivity contribution in [1.82, 2.24) is 4.98 Å². The third kappa shape index (κ3) is 3.68. The number of hydrogen-bond donors (Lipinski definition) is 2. The van der Waals surface area contributed by atoms with Crippen molar-refractivity contribution in [3.05, 3.63) is 42.4 Å². The Kier molecular flexibility index (Phi) is 4.81. The predicted octanol–water partition coefficient (Wildman–Crippen LogP) is 3.49. The lowest BCUT2D eigenvalue weighted by molar-refractivity contribution is -0.395. The third-order valence-corrected chi connectivity index (χ3v) is 6.27. The fourth-order valence-electron chi connectivity index (χ4n) is 4.53. The minimum atomic E-state index is 0.653. The lowest BCUT2D eigenvalue weighted by Crippen LogP contribution is -2.28. The molecule has 2 unspecified atom stereocenters. The number of nitrogens with one attached hydrogen (secondary N) is 1. The number of nitrogen functional groups attached to an aromatic ring is 1. The quantitative estimate of drug-likeness (QED) is 0.490. The van der Waals surface area contributed by atoms with Crippen molar-refractivity contribution < 1.29 is 4.98 Å². The molecule has 5 heteroatoms. The van der Waals surface area contributed by atoms with Crippen LogP contribution in [-0.4, -0.2) is 4.98 Å². The summed E-state index contributed by atoms with van der Waals surface area (Å²) in [5, 5.41) is 1.57. The van der Waals surface area contributed by atoms with E-state index in [1.807, 2.05) is 36.5 Å². The molecule has 0 aliphatic heterocycles. The summed E-state index contributed by atoms with van der Waals surface area (Å²) in [6.45, 7) is 2.39. The highest BCUT2D eigenvalue weighted by atomic mass is 15.4. The van der Waals surface area contributed by atoms with Crippen LogP contribution in [0, 0.1) is 23.7 Å². The number of rotatable bonds is 5. The summed E-state index contributed by atoms with van der Waals surface area (Å²) in [5.74, 6) is 11.6. The van der Waals surface area contributed by atoms with Gasteiger partial charge in [0.25, 0.3) is 11.6 Å². The second-order valence-corrected chi connectivity index (χ2v) is 8.21. The van der Waals surface area contributed by atoms with Crippen molar-refractivity contribution in [2.24, 2.45) is 29.5 Å². The van der Waals surface area contributed by atoms with Gasteiger partial charge < -0.3 is 5.73 Å². The van der Waals surface area contributed by atoms with E-state index in [4.69, 9.17) is 16.6 Å². The molecule has 1 aromatic heterocycles. The van der Waals surface area contributed by atoms with E-state index in [-0.39, 0.29) is 0 Å². The summed E-state index contributed by atoms with van der Waals surface area (Å²) < 4.78 is 0. The first-order valence-corrected chi connectivity index (χ1v) is 9.88. The van der Waals surface area contributed by atoms with E-state index in [1.54, 1.807) is 5.01 Å². The van der Waals surface area contributed by atoms with Crippen molar-refractivity contribution >= 4 is 17.2 Å². The Labute approximate surface area is 155 Å². The zero-order valence-corrected chi connectivity index (χ0v) is 15.6. The molecule has 5 N–H and O–H groups in total. The topological polar surface area (TPSA) is 82.3 Å². The van der Waals surface area contributed by atoms with Crippen molar-refractivity contribution in [3.8, 4) is 0 Å². The van der Waals surface area contributed by atoms with Gasteiger partial charge in [0, 0.05) is 6.07 Å². The molecule has 2 saturated carbocycles. The maximum atomic E-state index is 6.27. The standard InChI is InChI=1S/C21H29N5/c1-14-6-8-15(9-7-14)17-12-16(17)13-20-24-11-10-21(25-20)26(23)19-5-3-2-4-18(19)22/h2-5,10-11,14-17H,6-9,12-13,22-23H2,1H3/p+1. The van der Waals surface area contributed by atoms with Gasteiger partial charge in [-0.25, -0.2) is 15.8 Å². The van der Waals surface area contributed by atoms with E-state index in [0.717, 1.165) is 47.4 Å². The van der Waals surface area contributed by atoms with Gasteiger partial charge in [0.1, 0.15) is 0 Å². The largest absolute Gasteiger partial charge is 0.397 e. The number of H-pyrrole nitrogens is 1. The Balaban J connectivity index is 1.40. The molecule has 0 radical (unpaired) electrons. The maximum Gasteiger partial charge on any atom is 0.299 e.